The third-order valence-electron chi connectivity index (χ3n) is 3.38. The van der Waals surface area contributed by atoms with Crippen LogP contribution in [0.2, 0.25) is 0 Å². The molecule has 0 spiro atoms. The Bertz CT molecular complexity index is 544. The summed E-state index contributed by atoms with van der Waals surface area (Å²) in [6.07, 6.45) is 4.64. The first-order valence-corrected chi connectivity index (χ1v) is 7.63. The highest BCUT2D eigenvalue weighted by atomic mass is 32.2. The number of aromatic nitrogens is 1. The SMILES string of the molecule is CCSC1CCCC1Nc1nccc(C#N)c1[N+](=O)[O-]. The monoisotopic (exact) mass is 292 g/mol. The van der Waals surface area contributed by atoms with Crippen molar-refractivity contribution in [2.45, 2.75) is 37.5 Å². The van der Waals surface area contributed by atoms with Gasteiger partial charge in [0.2, 0.25) is 5.82 Å². The largest absolute Gasteiger partial charge is 0.360 e. The zero-order valence-corrected chi connectivity index (χ0v) is 12.0. The van der Waals surface area contributed by atoms with Crippen LogP contribution in [0.15, 0.2) is 12.3 Å². The van der Waals surface area contributed by atoms with Gasteiger partial charge in [-0.15, -0.1) is 0 Å². The Kier molecular flexibility index (Phi) is 4.79. The molecule has 1 aliphatic rings. The van der Waals surface area contributed by atoms with Crippen LogP contribution in [0.4, 0.5) is 11.5 Å². The Hall–Kier alpha value is -1.81. The molecular weight excluding hydrogens is 276 g/mol. The van der Waals surface area contributed by atoms with E-state index in [9.17, 15) is 10.1 Å². The van der Waals surface area contributed by atoms with Crippen LogP contribution in [0.1, 0.15) is 31.7 Å². The molecule has 1 heterocycles. The maximum absolute atomic E-state index is 11.2. The molecule has 0 amide bonds. The van der Waals surface area contributed by atoms with Crippen molar-refractivity contribution in [3.05, 3.63) is 27.9 Å². The lowest BCUT2D eigenvalue weighted by Gasteiger charge is -2.20. The molecule has 0 aromatic carbocycles. The smallest absolute Gasteiger partial charge is 0.328 e. The molecule has 1 fully saturated rings. The number of thioether (sulfide) groups is 1. The first-order chi connectivity index (χ1) is 9.67. The average Bonchev–Trinajstić information content (AvgIpc) is 2.86. The molecule has 2 unspecified atom stereocenters. The molecule has 2 atom stereocenters. The minimum atomic E-state index is -0.537. The van der Waals surface area contributed by atoms with Gasteiger partial charge in [0, 0.05) is 17.5 Å². The van der Waals surface area contributed by atoms with E-state index in [4.69, 9.17) is 5.26 Å². The molecule has 1 aliphatic carbocycles. The van der Waals surface area contributed by atoms with Crippen LogP contribution in [-0.4, -0.2) is 27.0 Å². The fraction of sp³-hybridized carbons (Fsp3) is 0.538. The highest BCUT2D eigenvalue weighted by Gasteiger charge is 2.30. The van der Waals surface area contributed by atoms with Gasteiger partial charge in [-0.1, -0.05) is 13.3 Å². The Morgan fingerprint density at radius 1 is 1.65 bits per heavy atom. The average molecular weight is 292 g/mol. The normalized spacial score (nSPS) is 21.4. The van der Waals surface area contributed by atoms with Crippen molar-refractivity contribution in [1.29, 1.82) is 5.26 Å². The Labute approximate surface area is 121 Å². The highest BCUT2D eigenvalue weighted by molar-refractivity contribution is 7.99. The summed E-state index contributed by atoms with van der Waals surface area (Å²) in [6.45, 7) is 2.11. The highest BCUT2D eigenvalue weighted by Crippen LogP contribution is 2.34. The molecule has 1 saturated carbocycles. The van der Waals surface area contributed by atoms with Gasteiger partial charge in [0.25, 0.3) is 0 Å². The molecule has 0 radical (unpaired) electrons. The van der Waals surface area contributed by atoms with Gasteiger partial charge in [-0.05, 0) is 24.7 Å². The van der Waals surface area contributed by atoms with Gasteiger partial charge in [-0.2, -0.15) is 17.0 Å². The Morgan fingerprint density at radius 3 is 3.10 bits per heavy atom. The molecule has 2 rings (SSSR count). The van der Waals surface area contributed by atoms with Gasteiger partial charge >= 0.3 is 5.69 Å². The van der Waals surface area contributed by atoms with Crippen LogP contribution >= 0.6 is 11.8 Å². The molecule has 20 heavy (non-hydrogen) atoms. The lowest BCUT2D eigenvalue weighted by atomic mass is 10.2. The second-order valence-corrected chi connectivity index (χ2v) is 6.12. The van der Waals surface area contributed by atoms with E-state index in [0.29, 0.717) is 5.25 Å². The minimum absolute atomic E-state index is 0.0465. The quantitative estimate of drug-likeness (QED) is 0.662. The molecule has 0 aliphatic heterocycles. The van der Waals surface area contributed by atoms with Crippen LogP contribution in [0, 0.1) is 21.4 Å². The van der Waals surface area contributed by atoms with Crippen molar-refractivity contribution < 1.29 is 4.92 Å². The van der Waals surface area contributed by atoms with Crippen LogP contribution in [0.25, 0.3) is 0 Å². The second-order valence-electron chi connectivity index (χ2n) is 4.60. The number of hydrogen-bond acceptors (Lipinski definition) is 6. The number of hydrogen-bond donors (Lipinski definition) is 1. The summed E-state index contributed by atoms with van der Waals surface area (Å²) in [5.74, 6) is 1.24. The van der Waals surface area contributed by atoms with E-state index in [1.807, 2.05) is 17.8 Å². The van der Waals surface area contributed by atoms with E-state index in [2.05, 4.69) is 17.2 Å². The minimum Gasteiger partial charge on any atom is -0.360 e. The Balaban J connectivity index is 2.25. The van der Waals surface area contributed by atoms with Gasteiger partial charge in [0.15, 0.2) is 0 Å². The fourth-order valence-electron chi connectivity index (χ4n) is 2.51. The molecule has 106 valence electrons. The summed E-state index contributed by atoms with van der Waals surface area (Å²) >= 11 is 1.87. The topological polar surface area (TPSA) is 91.8 Å². The van der Waals surface area contributed by atoms with Crippen molar-refractivity contribution in [1.82, 2.24) is 4.98 Å². The molecule has 1 aromatic heterocycles. The summed E-state index contributed by atoms with van der Waals surface area (Å²) in [6, 6.07) is 3.40. The first-order valence-electron chi connectivity index (χ1n) is 6.59. The summed E-state index contributed by atoms with van der Waals surface area (Å²) in [7, 11) is 0. The Morgan fingerprint density at radius 2 is 2.45 bits per heavy atom. The zero-order valence-electron chi connectivity index (χ0n) is 11.2. The number of pyridine rings is 1. The summed E-state index contributed by atoms with van der Waals surface area (Å²) < 4.78 is 0. The first kappa shape index (κ1) is 14.6. The van der Waals surface area contributed by atoms with Crippen LogP contribution in [-0.2, 0) is 0 Å². The third-order valence-corrected chi connectivity index (χ3v) is 4.71. The van der Waals surface area contributed by atoms with E-state index in [-0.39, 0.29) is 23.1 Å². The van der Waals surface area contributed by atoms with E-state index in [1.54, 1.807) is 0 Å². The second kappa shape index (κ2) is 6.57. The number of nitrogens with zero attached hydrogens (tertiary/aromatic N) is 3. The lowest BCUT2D eigenvalue weighted by molar-refractivity contribution is -0.384. The molecule has 0 bridgehead atoms. The van der Waals surface area contributed by atoms with Gasteiger partial charge in [-0.25, -0.2) is 4.98 Å². The zero-order chi connectivity index (χ0) is 14.5. The van der Waals surface area contributed by atoms with Crippen LogP contribution in [0.3, 0.4) is 0 Å². The van der Waals surface area contributed by atoms with Crippen molar-refractivity contribution in [2.24, 2.45) is 0 Å². The predicted molar refractivity (Wildman–Crippen MR) is 78.8 cm³/mol. The molecule has 1 N–H and O–H groups in total. The van der Waals surface area contributed by atoms with Gasteiger partial charge in [0.05, 0.1) is 4.92 Å². The lowest BCUT2D eigenvalue weighted by Crippen LogP contribution is -2.27. The van der Waals surface area contributed by atoms with Gasteiger partial charge < -0.3 is 5.32 Å². The standard InChI is InChI=1S/C13H16N4O2S/c1-2-20-11-5-3-4-10(11)16-13-12(17(18)19)9(8-14)6-7-15-13/h6-7,10-11H,2-5H2,1H3,(H,15,16). The van der Waals surface area contributed by atoms with E-state index >= 15 is 0 Å². The van der Waals surface area contributed by atoms with E-state index in [0.717, 1.165) is 25.0 Å². The number of rotatable bonds is 5. The van der Waals surface area contributed by atoms with Crippen LogP contribution in [0.5, 0.6) is 0 Å². The molecule has 0 saturated heterocycles. The maximum atomic E-state index is 11.2. The van der Waals surface area contributed by atoms with Crippen molar-refractivity contribution in [2.75, 3.05) is 11.1 Å². The fourth-order valence-corrected chi connectivity index (χ4v) is 3.71. The predicted octanol–water partition coefficient (Wildman–Crippen LogP) is 2.95. The van der Waals surface area contributed by atoms with Crippen molar-refractivity contribution in [3.63, 3.8) is 0 Å². The summed E-state index contributed by atoms with van der Waals surface area (Å²) in [4.78, 5) is 14.7. The number of anilines is 1. The number of nitro groups is 1. The molecule has 7 heteroatoms. The van der Waals surface area contributed by atoms with Gasteiger partial charge in [-0.3, -0.25) is 10.1 Å². The van der Waals surface area contributed by atoms with Crippen molar-refractivity contribution in [3.8, 4) is 6.07 Å². The van der Waals surface area contributed by atoms with Crippen molar-refractivity contribution >= 4 is 23.3 Å². The third kappa shape index (κ3) is 3.02. The molecular formula is C13H16N4O2S. The number of nitrogens with one attached hydrogen (secondary N) is 1. The maximum Gasteiger partial charge on any atom is 0.328 e. The summed E-state index contributed by atoms with van der Waals surface area (Å²) in [5.41, 5.74) is -0.174. The van der Waals surface area contributed by atoms with E-state index < -0.39 is 4.92 Å². The molecule has 6 nitrogen and oxygen atoms in total. The van der Waals surface area contributed by atoms with Gasteiger partial charge in [0.1, 0.15) is 11.6 Å². The number of nitriles is 1. The van der Waals surface area contributed by atoms with Crippen LogP contribution < -0.4 is 5.32 Å². The molecule has 1 aromatic rings. The van der Waals surface area contributed by atoms with E-state index in [1.165, 1.54) is 12.3 Å². The summed E-state index contributed by atoms with van der Waals surface area (Å²) in [5, 5.41) is 23.8.